The van der Waals surface area contributed by atoms with Crippen LogP contribution < -0.4 is 15.0 Å². The number of carbonyl (C=O) groups is 1. The molecule has 0 saturated carbocycles. The summed E-state index contributed by atoms with van der Waals surface area (Å²) < 4.78 is 7.91. The highest BCUT2D eigenvalue weighted by Gasteiger charge is 2.24. The number of carbonyl (C=O) groups excluding carboxylic acids is 1. The van der Waals surface area contributed by atoms with E-state index < -0.39 is 0 Å². The van der Waals surface area contributed by atoms with Crippen LogP contribution in [0.5, 0.6) is 5.75 Å². The largest absolute Gasteiger partial charge is 0.497 e. The minimum Gasteiger partial charge on any atom is -0.497 e. The monoisotopic (exact) mass is 444 g/mol. The predicted molar refractivity (Wildman–Crippen MR) is 109 cm³/mol. The van der Waals surface area contributed by atoms with E-state index in [9.17, 15) is 4.79 Å². The fourth-order valence-corrected chi connectivity index (χ4v) is 3.88. The second kappa shape index (κ2) is 7.75. The molecule has 0 radical (unpaired) electrons. The van der Waals surface area contributed by atoms with Crippen LogP contribution in [0, 0.1) is 6.92 Å². The summed E-state index contributed by atoms with van der Waals surface area (Å²) >= 11 is 3.44. The molecule has 0 bridgehead atoms. The van der Waals surface area contributed by atoms with Gasteiger partial charge in [0.25, 0.3) is 5.91 Å². The maximum atomic E-state index is 12.7. The van der Waals surface area contributed by atoms with Gasteiger partial charge in [0.1, 0.15) is 11.6 Å². The molecule has 0 aliphatic carbocycles. The Bertz CT molecular complexity index is 1010. The summed E-state index contributed by atoms with van der Waals surface area (Å²) in [5.74, 6) is 2.23. The van der Waals surface area contributed by atoms with Crippen LogP contribution in [0.15, 0.2) is 35.1 Å². The third-order valence-electron chi connectivity index (χ3n) is 5.03. The Labute approximate surface area is 171 Å². The van der Waals surface area contributed by atoms with E-state index in [2.05, 4.69) is 41.3 Å². The van der Waals surface area contributed by atoms with Crippen LogP contribution in [-0.4, -0.2) is 51.7 Å². The average Bonchev–Trinajstić information content (AvgIpc) is 3.10. The van der Waals surface area contributed by atoms with E-state index in [-0.39, 0.29) is 11.9 Å². The van der Waals surface area contributed by atoms with Gasteiger partial charge in [-0.2, -0.15) is 0 Å². The molecule has 28 heavy (non-hydrogen) atoms. The Morgan fingerprint density at radius 1 is 1.29 bits per heavy atom. The van der Waals surface area contributed by atoms with E-state index in [1.54, 1.807) is 19.4 Å². The first-order valence-corrected chi connectivity index (χ1v) is 9.92. The molecule has 1 amide bonds. The fourth-order valence-electron chi connectivity index (χ4n) is 3.46. The Kier molecular flexibility index (Phi) is 5.17. The number of nitrogens with zero attached hydrogens (tertiary/aromatic N) is 5. The number of piperidine rings is 1. The third kappa shape index (κ3) is 3.54. The molecule has 0 unspecified atom stereocenters. The maximum Gasteiger partial charge on any atom is 0.252 e. The van der Waals surface area contributed by atoms with Crippen LogP contribution in [0.4, 0.5) is 5.82 Å². The van der Waals surface area contributed by atoms with Gasteiger partial charge in [0.2, 0.25) is 5.65 Å². The molecule has 146 valence electrons. The smallest absolute Gasteiger partial charge is 0.252 e. The number of nitrogens with one attached hydrogen (secondary N) is 1. The lowest BCUT2D eigenvalue weighted by Gasteiger charge is -2.33. The maximum absolute atomic E-state index is 12.7. The van der Waals surface area contributed by atoms with Crippen LogP contribution in [0.25, 0.3) is 5.65 Å². The molecule has 1 fully saturated rings. The number of methoxy groups -OCH3 is 1. The molecule has 1 saturated heterocycles. The first-order valence-electron chi connectivity index (χ1n) is 9.12. The molecule has 3 heterocycles. The van der Waals surface area contributed by atoms with E-state index >= 15 is 0 Å². The van der Waals surface area contributed by atoms with Gasteiger partial charge in [0.15, 0.2) is 5.82 Å². The van der Waals surface area contributed by atoms with Crippen LogP contribution in [0.3, 0.4) is 0 Å². The van der Waals surface area contributed by atoms with Crippen molar-refractivity contribution in [1.82, 2.24) is 24.9 Å². The van der Waals surface area contributed by atoms with Crippen molar-refractivity contribution in [3.05, 3.63) is 46.5 Å². The van der Waals surface area contributed by atoms with Crippen molar-refractivity contribution in [2.45, 2.75) is 25.8 Å². The SMILES string of the molecule is COc1ccc(Br)c(C(=O)NC2CCN(c3nccn4c(C)nnc34)CC2)c1. The van der Waals surface area contributed by atoms with Gasteiger partial charge in [-0.25, -0.2) is 4.98 Å². The van der Waals surface area contributed by atoms with Crippen molar-refractivity contribution < 1.29 is 9.53 Å². The lowest BCUT2D eigenvalue weighted by atomic mass is 10.0. The van der Waals surface area contributed by atoms with E-state index in [4.69, 9.17) is 4.74 Å². The zero-order valence-electron chi connectivity index (χ0n) is 15.7. The van der Waals surface area contributed by atoms with Crippen molar-refractivity contribution in [1.29, 1.82) is 0 Å². The molecule has 4 rings (SSSR count). The summed E-state index contributed by atoms with van der Waals surface area (Å²) in [6.45, 7) is 3.51. The zero-order valence-corrected chi connectivity index (χ0v) is 17.3. The number of anilines is 1. The van der Waals surface area contributed by atoms with Crippen LogP contribution in [-0.2, 0) is 0 Å². The van der Waals surface area contributed by atoms with Crippen molar-refractivity contribution in [2.24, 2.45) is 0 Å². The second-order valence-corrected chi connectivity index (χ2v) is 7.63. The second-order valence-electron chi connectivity index (χ2n) is 6.77. The molecule has 8 nitrogen and oxygen atoms in total. The third-order valence-corrected chi connectivity index (χ3v) is 5.72. The Balaban J connectivity index is 1.42. The Hall–Kier alpha value is -2.68. The van der Waals surface area contributed by atoms with Gasteiger partial charge in [-0.15, -0.1) is 10.2 Å². The van der Waals surface area contributed by atoms with E-state index in [0.29, 0.717) is 11.3 Å². The van der Waals surface area contributed by atoms with Gasteiger partial charge >= 0.3 is 0 Å². The van der Waals surface area contributed by atoms with Crippen LogP contribution >= 0.6 is 15.9 Å². The Morgan fingerprint density at radius 3 is 2.82 bits per heavy atom. The quantitative estimate of drug-likeness (QED) is 0.665. The van der Waals surface area contributed by atoms with Gasteiger partial charge in [-0.3, -0.25) is 9.20 Å². The molecule has 0 spiro atoms. The number of hydrogen-bond acceptors (Lipinski definition) is 6. The fraction of sp³-hybridized carbons (Fsp3) is 0.368. The molecule has 1 N–H and O–H groups in total. The van der Waals surface area contributed by atoms with Crippen molar-refractivity contribution in [3.63, 3.8) is 0 Å². The molecule has 1 aliphatic heterocycles. The van der Waals surface area contributed by atoms with Gasteiger partial charge in [0.05, 0.1) is 12.7 Å². The minimum absolute atomic E-state index is 0.0995. The normalized spacial score (nSPS) is 15.0. The molecular weight excluding hydrogens is 424 g/mol. The van der Waals surface area contributed by atoms with Gasteiger partial charge in [-0.1, -0.05) is 0 Å². The summed E-state index contributed by atoms with van der Waals surface area (Å²) in [4.78, 5) is 19.4. The molecular formula is C19H21BrN6O2. The molecule has 2 aromatic heterocycles. The highest BCUT2D eigenvalue weighted by Crippen LogP contribution is 2.24. The lowest BCUT2D eigenvalue weighted by molar-refractivity contribution is 0.0930. The minimum atomic E-state index is -0.0995. The van der Waals surface area contributed by atoms with Crippen LogP contribution in [0.2, 0.25) is 0 Å². The Morgan fingerprint density at radius 2 is 2.07 bits per heavy atom. The predicted octanol–water partition coefficient (Wildman–Crippen LogP) is 2.60. The van der Waals surface area contributed by atoms with E-state index in [0.717, 1.165) is 47.7 Å². The molecule has 0 atom stereocenters. The highest BCUT2D eigenvalue weighted by atomic mass is 79.9. The number of fused-ring (bicyclic) bond motifs is 1. The molecule has 3 aromatic rings. The number of halogens is 1. The summed E-state index contributed by atoms with van der Waals surface area (Å²) in [6.07, 6.45) is 5.31. The van der Waals surface area contributed by atoms with Gasteiger partial charge < -0.3 is 15.0 Å². The van der Waals surface area contributed by atoms with Gasteiger partial charge in [-0.05, 0) is 53.9 Å². The number of ether oxygens (including phenoxy) is 1. The van der Waals surface area contributed by atoms with Crippen molar-refractivity contribution in [2.75, 3.05) is 25.1 Å². The van der Waals surface area contributed by atoms with Gasteiger partial charge in [0, 0.05) is 36.0 Å². The lowest BCUT2D eigenvalue weighted by Crippen LogP contribution is -2.45. The number of aromatic nitrogens is 4. The molecule has 1 aliphatic rings. The summed E-state index contributed by atoms with van der Waals surface area (Å²) in [7, 11) is 1.59. The summed E-state index contributed by atoms with van der Waals surface area (Å²) in [6, 6.07) is 5.50. The molecule has 9 heteroatoms. The van der Waals surface area contributed by atoms with Crippen LogP contribution in [0.1, 0.15) is 29.0 Å². The number of rotatable bonds is 4. The van der Waals surface area contributed by atoms with Crippen molar-refractivity contribution in [3.8, 4) is 5.75 Å². The highest BCUT2D eigenvalue weighted by molar-refractivity contribution is 9.10. The van der Waals surface area contributed by atoms with E-state index in [1.165, 1.54) is 0 Å². The zero-order chi connectivity index (χ0) is 19.7. The molecule has 1 aromatic carbocycles. The van der Waals surface area contributed by atoms with Crippen molar-refractivity contribution >= 4 is 33.3 Å². The topological polar surface area (TPSA) is 84.7 Å². The summed E-state index contributed by atoms with van der Waals surface area (Å²) in [5, 5.41) is 11.5. The number of amides is 1. The summed E-state index contributed by atoms with van der Waals surface area (Å²) in [5.41, 5.74) is 1.34. The van der Waals surface area contributed by atoms with E-state index in [1.807, 2.05) is 29.7 Å². The first kappa shape index (κ1) is 18.7. The number of hydrogen-bond donors (Lipinski definition) is 1. The number of aryl methyl sites for hydroxylation is 1. The first-order chi connectivity index (χ1) is 13.6. The standard InChI is InChI=1S/C19H21BrN6O2/c1-12-23-24-18-17(21-7-10-26(12)18)25-8-5-13(6-9-25)22-19(27)15-11-14(28-2)3-4-16(15)20/h3-4,7,10-11,13H,5-6,8-9H2,1-2H3,(H,22,27). The number of benzene rings is 1. The average molecular weight is 445 g/mol.